The van der Waals surface area contributed by atoms with Crippen molar-refractivity contribution in [3.8, 4) is 0 Å². The molecule has 4 heteroatoms. The van der Waals surface area contributed by atoms with E-state index in [4.69, 9.17) is 0 Å². The second-order valence-corrected chi connectivity index (χ2v) is 4.70. The quantitative estimate of drug-likeness (QED) is 0.670. The average molecular weight is 188 g/mol. The molecule has 0 bridgehead atoms. The van der Waals surface area contributed by atoms with Crippen LogP contribution in [0.1, 0.15) is 13.8 Å². The van der Waals surface area contributed by atoms with Crippen LogP contribution in [0, 0.1) is 0 Å². The van der Waals surface area contributed by atoms with Gasteiger partial charge < -0.3 is 10.2 Å². The Morgan fingerprint density at radius 2 is 2.00 bits per heavy atom. The van der Waals surface area contributed by atoms with E-state index in [0.717, 1.165) is 26.2 Å². The lowest BCUT2D eigenvalue weighted by Gasteiger charge is -2.27. The van der Waals surface area contributed by atoms with Crippen LogP contribution >= 0.6 is 11.8 Å². The molecule has 0 aromatic heterocycles. The average Bonchev–Trinajstić information content (AvgIpc) is 2.05. The zero-order valence-corrected chi connectivity index (χ0v) is 8.49. The van der Waals surface area contributed by atoms with Gasteiger partial charge in [0.05, 0.1) is 0 Å². The standard InChI is InChI=1S/C8H16N2OS/c1-7(2)12-8(11)10-5-3-9-4-6-10/h7,9H,3-6H2,1-2H3. The Bertz CT molecular complexity index is 155. The summed E-state index contributed by atoms with van der Waals surface area (Å²) in [7, 11) is 0. The lowest BCUT2D eigenvalue weighted by Crippen LogP contribution is -2.45. The van der Waals surface area contributed by atoms with Gasteiger partial charge in [-0.1, -0.05) is 25.6 Å². The molecule has 1 N–H and O–H groups in total. The zero-order valence-electron chi connectivity index (χ0n) is 7.67. The Balaban J connectivity index is 2.30. The number of amides is 1. The van der Waals surface area contributed by atoms with Crippen molar-refractivity contribution >= 4 is 17.0 Å². The fourth-order valence-corrected chi connectivity index (χ4v) is 1.86. The molecular weight excluding hydrogens is 172 g/mol. The molecule has 1 rings (SSSR count). The topological polar surface area (TPSA) is 32.3 Å². The van der Waals surface area contributed by atoms with Gasteiger partial charge in [0, 0.05) is 31.4 Å². The minimum atomic E-state index is 0.228. The fraction of sp³-hybridized carbons (Fsp3) is 0.875. The summed E-state index contributed by atoms with van der Waals surface area (Å²) in [5.41, 5.74) is 0. The van der Waals surface area contributed by atoms with E-state index in [-0.39, 0.29) is 5.24 Å². The number of thioether (sulfide) groups is 1. The molecule has 1 aliphatic rings. The number of nitrogens with one attached hydrogen (secondary N) is 1. The highest BCUT2D eigenvalue weighted by Crippen LogP contribution is 2.14. The summed E-state index contributed by atoms with van der Waals surface area (Å²) in [6, 6.07) is 0. The molecule has 12 heavy (non-hydrogen) atoms. The van der Waals surface area contributed by atoms with Gasteiger partial charge in [0.2, 0.25) is 0 Å². The van der Waals surface area contributed by atoms with Gasteiger partial charge in [0.15, 0.2) is 0 Å². The maximum atomic E-state index is 11.5. The van der Waals surface area contributed by atoms with Crippen molar-refractivity contribution in [2.75, 3.05) is 26.2 Å². The van der Waals surface area contributed by atoms with Gasteiger partial charge in [-0.05, 0) is 0 Å². The van der Waals surface area contributed by atoms with Crippen molar-refractivity contribution in [1.82, 2.24) is 10.2 Å². The zero-order chi connectivity index (χ0) is 8.97. The molecule has 3 nitrogen and oxygen atoms in total. The van der Waals surface area contributed by atoms with E-state index in [9.17, 15) is 4.79 Å². The van der Waals surface area contributed by atoms with Crippen LogP contribution in [0.25, 0.3) is 0 Å². The van der Waals surface area contributed by atoms with Crippen LogP contribution in [-0.2, 0) is 0 Å². The van der Waals surface area contributed by atoms with Gasteiger partial charge >= 0.3 is 0 Å². The molecular formula is C8H16N2OS. The molecule has 0 aliphatic carbocycles. The van der Waals surface area contributed by atoms with Crippen molar-refractivity contribution < 1.29 is 4.79 Å². The number of carbonyl (C=O) groups excluding carboxylic acids is 1. The molecule has 0 spiro atoms. The van der Waals surface area contributed by atoms with Crippen LogP contribution in [0.3, 0.4) is 0 Å². The molecule has 0 saturated carbocycles. The van der Waals surface area contributed by atoms with Crippen molar-refractivity contribution in [2.24, 2.45) is 0 Å². The third kappa shape index (κ3) is 3.03. The molecule has 0 radical (unpaired) electrons. The van der Waals surface area contributed by atoms with Gasteiger partial charge in [0.1, 0.15) is 0 Å². The molecule has 70 valence electrons. The van der Waals surface area contributed by atoms with E-state index in [1.165, 1.54) is 11.8 Å². The number of carbonyl (C=O) groups is 1. The third-order valence-electron chi connectivity index (χ3n) is 1.71. The Labute approximate surface area is 77.9 Å². The Hall–Kier alpha value is -0.220. The molecule has 0 aromatic rings. The van der Waals surface area contributed by atoms with Crippen LogP contribution < -0.4 is 5.32 Å². The Morgan fingerprint density at radius 3 is 2.50 bits per heavy atom. The maximum absolute atomic E-state index is 11.5. The first-order valence-corrected chi connectivity index (χ1v) is 5.24. The molecule has 0 atom stereocenters. The van der Waals surface area contributed by atoms with Gasteiger partial charge in [-0.2, -0.15) is 0 Å². The van der Waals surface area contributed by atoms with Gasteiger partial charge in [-0.15, -0.1) is 0 Å². The van der Waals surface area contributed by atoms with E-state index in [1.807, 2.05) is 18.7 Å². The lowest BCUT2D eigenvalue weighted by atomic mass is 10.4. The van der Waals surface area contributed by atoms with Crippen molar-refractivity contribution in [1.29, 1.82) is 0 Å². The number of hydrogen-bond donors (Lipinski definition) is 1. The van der Waals surface area contributed by atoms with Crippen molar-refractivity contribution in [3.63, 3.8) is 0 Å². The normalized spacial score (nSPS) is 18.4. The summed E-state index contributed by atoms with van der Waals surface area (Å²) in [6.07, 6.45) is 0. The summed E-state index contributed by atoms with van der Waals surface area (Å²) >= 11 is 1.42. The molecule has 1 heterocycles. The summed E-state index contributed by atoms with van der Waals surface area (Å²) in [6.45, 7) is 7.68. The van der Waals surface area contributed by atoms with Gasteiger partial charge in [-0.25, -0.2) is 0 Å². The van der Waals surface area contributed by atoms with E-state index in [2.05, 4.69) is 5.32 Å². The van der Waals surface area contributed by atoms with E-state index < -0.39 is 0 Å². The SMILES string of the molecule is CC(C)SC(=O)N1CCNCC1. The lowest BCUT2D eigenvalue weighted by molar-refractivity contribution is 0.215. The second kappa shape index (κ2) is 4.72. The minimum absolute atomic E-state index is 0.228. The monoisotopic (exact) mass is 188 g/mol. The number of hydrogen-bond acceptors (Lipinski definition) is 3. The molecule has 1 amide bonds. The molecule has 0 aromatic carbocycles. The van der Waals surface area contributed by atoms with Crippen molar-refractivity contribution in [2.45, 2.75) is 19.1 Å². The van der Waals surface area contributed by atoms with Gasteiger partial charge in [-0.3, -0.25) is 4.79 Å². The van der Waals surface area contributed by atoms with Crippen molar-refractivity contribution in [3.05, 3.63) is 0 Å². The predicted molar refractivity (Wildman–Crippen MR) is 52.6 cm³/mol. The molecule has 1 saturated heterocycles. The highest BCUT2D eigenvalue weighted by atomic mass is 32.2. The van der Waals surface area contributed by atoms with E-state index >= 15 is 0 Å². The first kappa shape index (κ1) is 9.86. The summed E-state index contributed by atoms with van der Waals surface area (Å²) in [5, 5.41) is 3.84. The predicted octanol–water partition coefficient (Wildman–Crippen LogP) is 1.15. The van der Waals surface area contributed by atoms with E-state index in [0.29, 0.717) is 5.25 Å². The first-order chi connectivity index (χ1) is 5.70. The second-order valence-electron chi connectivity index (χ2n) is 3.17. The first-order valence-electron chi connectivity index (χ1n) is 4.36. The van der Waals surface area contributed by atoms with Crippen LogP contribution in [-0.4, -0.2) is 41.6 Å². The van der Waals surface area contributed by atoms with E-state index in [1.54, 1.807) is 0 Å². The Kier molecular flexibility index (Phi) is 3.88. The van der Waals surface area contributed by atoms with Gasteiger partial charge in [0.25, 0.3) is 5.24 Å². The molecule has 1 fully saturated rings. The highest BCUT2D eigenvalue weighted by Gasteiger charge is 2.17. The number of piperazine rings is 1. The van der Waals surface area contributed by atoms with Crippen LogP contribution in [0.2, 0.25) is 0 Å². The third-order valence-corrected chi connectivity index (χ3v) is 2.64. The smallest absolute Gasteiger partial charge is 0.281 e. The fourth-order valence-electron chi connectivity index (χ4n) is 1.12. The number of rotatable bonds is 1. The molecule has 1 aliphatic heterocycles. The summed E-state index contributed by atoms with van der Waals surface area (Å²) < 4.78 is 0. The van der Waals surface area contributed by atoms with Crippen LogP contribution in [0.15, 0.2) is 0 Å². The Morgan fingerprint density at radius 1 is 1.42 bits per heavy atom. The summed E-state index contributed by atoms with van der Waals surface area (Å²) in [5.74, 6) is 0. The maximum Gasteiger partial charge on any atom is 0.281 e. The van der Waals surface area contributed by atoms with Crippen LogP contribution in [0.4, 0.5) is 4.79 Å². The minimum Gasteiger partial charge on any atom is -0.331 e. The number of nitrogens with zero attached hydrogens (tertiary/aromatic N) is 1. The largest absolute Gasteiger partial charge is 0.331 e. The molecule has 0 unspecified atom stereocenters. The highest BCUT2D eigenvalue weighted by molar-refractivity contribution is 8.14. The summed E-state index contributed by atoms with van der Waals surface area (Å²) in [4.78, 5) is 13.4. The van der Waals surface area contributed by atoms with Crippen LogP contribution in [0.5, 0.6) is 0 Å².